The standard InChI is InChI=1S/C9H9F2NO2/c10-6-3-5(1-2-8(12)13)4-7(11)9(6)14/h3-4,14H,1-2H2,(H2,12,13). The Labute approximate surface area is 79.2 Å². The number of aromatic hydroxyl groups is 1. The van der Waals surface area contributed by atoms with E-state index in [1.165, 1.54) is 0 Å². The average molecular weight is 201 g/mol. The third-order valence-electron chi connectivity index (χ3n) is 1.74. The van der Waals surface area contributed by atoms with Gasteiger partial charge in [0, 0.05) is 6.42 Å². The van der Waals surface area contributed by atoms with Crippen LogP contribution in [0.2, 0.25) is 0 Å². The molecular weight excluding hydrogens is 192 g/mol. The van der Waals surface area contributed by atoms with Gasteiger partial charge in [-0.2, -0.15) is 0 Å². The Bertz CT molecular complexity index is 343. The van der Waals surface area contributed by atoms with E-state index in [0.29, 0.717) is 0 Å². The molecule has 0 aliphatic carbocycles. The molecule has 1 aromatic carbocycles. The monoisotopic (exact) mass is 201 g/mol. The summed E-state index contributed by atoms with van der Waals surface area (Å²) in [5, 5.41) is 8.77. The summed E-state index contributed by atoms with van der Waals surface area (Å²) in [5.74, 6) is -3.62. The van der Waals surface area contributed by atoms with Crippen molar-refractivity contribution >= 4 is 5.91 Å². The molecule has 1 rings (SSSR count). The Kier molecular flexibility index (Phi) is 3.01. The zero-order valence-corrected chi connectivity index (χ0v) is 7.26. The molecule has 1 amide bonds. The van der Waals surface area contributed by atoms with Crippen LogP contribution in [-0.4, -0.2) is 11.0 Å². The van der Waals surface area contributed by atoms with E-state index in [0.717, 1.165) is 12.1 Å². The molecule has 0 spiro atoms. The minimum Gasteiger partial charge on any atom is -0.503 e. The van der Waals surface area contributed by atoms with Crippen LogP contribution in [0.25, 0.3) is 0 Å². The van der Waals surface area contributed by atoms with E-state index < -0.39 is 23.3 Å². The first kappa shape index (κ1) is 10.4. The highest BCUT2D eigenvalue weighted by Gasteiger charge is 2.09. The predicted molar refractivity (Wildman–Crippen MR) is 45.5 cm³/mol. The number of aryl methyl sites for hydroxylation is 1. The van der Waals surface area contributed by atoms with Gasteiger partial charge in [-0.1, -0.05) is 0 Å². The lowest BCUT2D eigenvalue weighted by Gasteiger charge is -2.02. The van der Waals surface area contributed by atoms with Crippen LogP contribution in [0.4, 0.5) is 8.78 Å². The summed E-state index contributed by atoms with van der Waals surface area (Å²) in [6.45, 7) is 0. The largest absolute Gasteiger partial charge is 0.503 e. The third-order valence-corrected chi connectivity index (χ3v) is 1.74. The van der Waals surface area contributed by atoms with Gasteiger partial charge in [0.05, 0.1) is 0 Å². The second-order valence-electron chi connectivity index (χ2n) is 2.87. The van der Waals surface area contributed by atoms with E-state index in [-0.39, 0.29) is 18.4 Å². The molecule has 5 heteroatoms. The molecule has 3 nitrogen and oxygen atoms in total. The molecule has 0 aromatic heterocycles. The maximum atomic E-state index is 12.8. The van der Waals surface area contributed by atoms with Gasteiger partial charge in [0.1, 0.15) is 0 Å². The summed E-state index contributed by atoms with van der Waals surface area (Å²) in [6.07, 6.45) is 0.174. The molecule has 0 atom stereocenters. The lowest BCUT2D eigenvalue weighted by atomic mass is 10.1. The predicted octanol–water partition coefficient (Wildman–Crippen LogP) is 1.09. The van der Waals surface area contributed by atoms with Crippen LogP contribution in [0.5, 0.6) is 5.75 Å². The maximum Gasteiger partial charge on any atom is 0.217 e. The van der Waals surface area contributed by atoms with Gasteiger partial charge >= 0.3 is 0 Å². The maximum absolute atomic E-state index is 12.8. The normalized spacial score (nSPS) is 10.1. The van der Waals surface area contributed by atoms with Gasteiger partial charge in [-0.3, -0.25) is 4.79 Å². The van der Waals surface area contributed by atoms with Crippen molar-refractivity contribution < 1.29 is 18.7 Å². The molecule has 0 aliphatic rings. The van der Waals surface area contributed by atoms with Crippen molar-refractivity contribution in [2.45, 2.75) is 12.8 Å². The number of hydrogen-bond acceptors (Lipinski definition) is 2. The summed E-state index contributed by atoms with van der Waals surface area (Å²) in [4.78, 5) is 10.4. The lowest BCUT2D eigenvalue weighted by Crippen LogP contribution is -2.11. The lowest BCUT2D eigenvalue weighted by molar-refractivity contribution is -0.117. The van der Waals surface area contributed by atoms with E-state index in [1.807, 2.05) is 0 Å². The number of benzene rings is 1. The fourth-order valence-corrected chi connectivity index (χ4v) is 1.03. The number of nitrogens with two attached hydrogens (primary N) is 1. The Morgan fingerprint density at radius 3 is 2.29 bits per heavy atom. The van der Waals surface area contributed by atoms with Crippen LogP contribution >= 0.6 is 0 Å². The number of halogens is 2. The number of amides is 1. The molecule has 0 saturated carbocycles. The van der Waals surface area contributed by atoms with Crippen molar-refractivity contribution in [1.29, 1.82) is 0 Å². The number of phenols is 1. The topological polar surface area (TPSA) is 63.3 Å². The molecule has 1 aromatic rings. The molecule has 0 saturated heterocycles. The number of phenolic OH excluding ortho intramolecular Hbond substituents is 1. The first-order valence-corrected chi connectivity index (χ1v) is 3.96. The highest BCUT2D eigenvalue weighted by Crippen LogP contribution is 2.21. The average Bonchev–Trinajstić information content (AvgIpc) is 2.10. The van der Waals surface area contributed by atoms with Crippen molar-refractivity contribution in [1.82, 2.24) is 0 Å². The van der Waals surface area contributed by atoms with Crippen LogP contribution < -0.4 is 5.73 Å². The van der Waals surface area contributed by atoms with Crippen LogP contribution in [-0.2, 0) is 11.2 Å². The molecule has 0 fully saturated rings. The number of rotatable bonds is 3. The summed E-state index contributed by atoms with van der Waals surface area (Å²) in [6, 6.07) is 1.95. The number of carbonyl (C=O) groups excluding carboxylic acids is 1. The van der Waals surface area contributed by atoms with Gasteiger partial charge in [0.2, 0.25) is 5.91 Å². The van der Waals surface area contributed by atoms with Crippen molar-refractivity contribution in [3.8, 4) is 5.75 Å². The van der Waals surface area contributed by atoms with Crippen LogP contribution in [0.3, 0.4) is 0 Å². The summed E-state index contributed by atoms with van der Waals surface area (Å²) >= 11 is 0. The number of primary amides is 1. The minimum absolute atomic E-state index is 0.0175. The number of hydrogen-bond donors (Lipinski definition) is 2. The first-order chi connectivity index (χ1) is 6.50. The second-order valence-corrected chi connectivity index (χ2v) is 2.87. The smallest absolute Gasteiger partial charge is 0.217 e. The van der Waals surface area contributed by atoms with Crippen molar-refractivity contribution in [2.75, 3.05) is 0 Å². The van der Waals surface area contributed by atoms with Crippen molar-refractivity contribution in [3.63, 3.8) is 0 Å². The Hall–Kier alpha value is -1.65. The molecule has 0 heterocycles. The van der Waals surface area contributed by atoms with Gasteiger partial charge in [-0.05, 0) is 24.1 Å². The molecule has 76 valence electrons. The third kappa shape index (κ3) is 2.42. The van der Waals surface area contributed by atoms with Gasteiger partial charge < -0.3 is 10.8 Å². The van der Waals surface area contributed by atoms with E-state index in [1.54, 1.807) is 0 Å². The summed E-state index contributed by atoms with van der Waals surface area (Å²) < 4.78 is 25.5. The fourth-order valence-electron chi connectivity index (χ4n) is 1.03. The van der Waals surface area contributed by atoms with Gasteiger partial charge in [-0.25, -0.2) is 8.78 Å². The zero-order valence-electron chi connectivity index (χ0n) is 7.26. The first-order valence-electron chi connectivity index (χ1n) is 3.96. The number of carbonyl (C=O) groups is 1. The molecule has 0 bridgehead atoms. The van der Waals surface area contributed by atoms with Crippen LogP contribution in [0.15, 0.2) is 12.1 Å². The van der Waals surface area contributed by atoms with Gasteiger partial charge in [0.25, 0.3) is 0 Å². The molecule has 0 unspecified atom stereocenters. The highest BCUT2D eigenvalue weighted by atomic mass is 19.1. The van der Waals surface area contributed by atoms with Gasteiger partial charge in [-0.15, -0.1) is 0 Å². The van der Waals surface area contributed by atoms with E-state index in [4.69, 9.17) is 10.8 Å². The van der Waals surface area contributed by atoms with Gasteiger partial charge in [0.15, 0.2) is 17.4 Å². The van der Waals surface area contributed by atoms with Crippen LogP contribution in [0.1, 0.15) is 12.0 Å². The van der Waals surface area contributed by atoms with E-state index >= 15 is 0 Å². The van der Waals surface area contributed by atoms with Crippen molar-refractivity contribution in [2.24, 2.45) is 5.73 Å². The SMILES string of the molecule is NC(=O)CCc1cc(F)c(O)c(F)c1. The Morgan fingerprint density at radius 2 is 1.86 bits per heavy atom. The Morgan fingerprint density at radius 1 is 1.36 bits per heavy atom. The van der Waals surface area contributed by atoms with E-state index in [2.05, 4.69) is 0 Å². The summed E-state index contributed by atoms with van der Waals surface area (Å²) in [7, 11) is 0. The molecule has 3 N–H and O–H groups in total. The second kappa shape index (κ2) is 4.04. The summed E-state index contributed by atoms with van der Waals surface area (Å²) in [5.41, 5.74) is 5.16. The Balaban J connectivity index is 2.84. The zero-order chi connectivity index (χ0) is 10.7. The molecule has 0 aliphatic heterocycles. The molecule has 0 radical (unpaired) electrons. The molecular formula is C9H9F2NO2. The fraction of sp³-hybridized carbons (Fsp3) is 0.222. The quantitative estimate of drug-likeness (QED) is 0.768. The van der Waals surface area contributed by atoms with Crippen LogP contribution in [0, 0.1) is 11.6 Å². The minimum atomic E-state index is -1.04. The highest BCUT2D eigenvalue weighted by molar-refractivity contribution is 5.74. The van der Waals surface area contributed by atoms with Crippen molar-refractivity contribution in [3.05, 3.63) is 29.3 Å². The van der Waals surface area contributed by atoms with E-state index in [9.17, 15) is 13.6 Å². The molecule has 14 heavy (non-hydrogen) atoms.